The third-order valence-corrected chi connectivity index (χ3v) is 9.12. The van der Waals surface area contributed by atoms with E-state index in [1.165, 1.54) is 136 Å². The summed E-state index contributed by atoms with van der Waals surface area (Å²) in [4.78, 5) is 13.6. The van der Waals surface area contributed by atoms with E-state index >= 15 is 0 Å². The third kappa shape index (κ3) is 25.2. The Bertz CT molecular complexity index is 538. The Kier molecular flexibility index (Phi) is 28.2. The molecule has 0 heterocycles. The molecule has 0 aromatic heterocycles. The van der Waals surface area contributed by atoms with Crippen LogP contribution in [0.25, 0.3) is 0 Å². The first-order chi connectivity index (χ1) is 20.1. The molecule has 0 unspecified atom stereocenters. The van der Waals surface area contributed by atoms with Gasteiger partial charge in [0.05, 0.1) is 0 Å². The maximum absolute atomic E-state index is 2.76. The number of rotatable bonds is 31. The van der Waals surface area contributed by atoms with E-state index in [0.717, 1.165) is 37.4 Å². The van der Waals surface area contributed by atoms with Crippen LogP contribution >= 0.6 is 0 Å². The van der Waals surface area contributed by atoms with Crippen LogP contribution in [0.2, 0.25) is 0 Å². The summed E-state index contributed by atoms with van der Waals surface area (Å²) >= 11 is 0. The zero-order chi connectivity index (χ0) is 31.6. The zero-order valence-electron chi connectivity index (χ0n) is 30.9. The van der Waals surface area contributed by atoms with Crippen molar-refractivity contribution in [2.45, 2.75) is 127 Å². The van der Waals surface area contributed by atoms with Gasteiger partial charge < -0.3 is 24.5 Å². The number of nitrogens with zero attached hydrogens (tertiary/aromatic N) is 5. The van der Waals surface area contributed by atoms with Crippen molar-refractivity contribution < 1.29 is 0 Å². The zero-order valence-corrected chi connectivity index (χ0v) is 30.9. The van der Waals surface area contributed by atoms with Crippen molar-refractivity contribution in [3.05, 3.63) is 0 Å². The first kappa shape index (κ1) is 41.8. The highest BCUT2D eigenvalue weighted by Crippen LogP contribution is 2.10. The van der Waals surface area contributed by atoms with Crippen LogP contribution in [0.3, 0.4) is 0 Å². The van der Waals surface area contributed by atoms with Crippen molar-refractivity contribution in [2.75, 3.05) is 98.2 Å². The van der Waals surface area contributed by atoms with Crippen LogP contribution in [0.1, 0.15) is 127 Å². The van der Waals surface area contributed by atoms with Gasteiger partial charge in [-0.2, -0.15) is 0 Å². The minimum atomic E-state index is 0.817. The quantitative estimate of drug-likeness (QED) is 0.0752. The summed E-state index contributed by atoms with van der Waals surface area (Å²) in [5.74, 6) is 2.46. The molecule has 0 aromatic rings. The Morgan fingerprint density at radius 1 is 0.310 bits per heavy atom. The topological polar surface area (TPSA) is 16.2 Å². The highest BCUT2D eigenvalue weighted by molar-refractivity contribution is 4.69. The van der Waals surface area contributed by atoms with Gasteiger partial charge in [0.25, 0.3) is 0 Å². The smallest absolute Gasteiger partial charge is 0.0110 e. The molecule has 0 aromatic carbocycles. The average molecular weight is 596 g/mol. The van der Waals surface area contributed by atoms with Crippen molar-refractivity contribution in [1.82, 2.24) is 24.5 Å². The summed E-state index contributed by atoms with van der Waals surface area (Å²) in [7, 11) is 0. The molecule has 0 amide bonds. The second kappa shape index (κ2) is 28.3. The Balaban J connectivity index is 4.67. The monoisotopic (exact) mass is 596 g/mol. The van der Waals surface area contributed by atoms with Crippen LogP contribution < -0.4 is 0 Å². The molecule has 0 rings (SSSR count). The summed E-state index contributed by atoms with van der Waals surface area (Å²) in [6.45, 7) is 41.8. The molecule has 42 heavy (non-hydrogen) atoms. The van der Waals surface area contributed by atoms with Gasteiger partial charge in [0.2, 0.25) is 0 Å². The molecule has 254 valence electrons. The lowest BCUT2D eigenvalue weighted by molar-refractivity contribution is 0.158. The van der Waals surface area contributed by atoms with E-state index in [1.807, 2.05) is 0 Å². The lowest BCUT2D eigenvalue weighted by Gasteiger charge is -2.31. The summed E-state index contributed by atoms with van der Waals surface area (Å²) < 4.78 is 0. The van der Waals surface area contributed by atoms with Gasteiger partial charge in [0.1, 0.15) is 0 Å². The largest absolute Gasteiger partial charge is 0.302 e. The molecule has 5 nitrogen and oxygen atoms in total. The molecule has 0 N–H and O–H groups in total. The van der Waals surface area contributed by atoms with Gasteiger partial charge in [-0.25, -0.2) is 0 Å². The van der Waals surface area contributed by atoms with E-state index in [4.69, 9.17) is 0 Å². The number of hydrogen-bond acceptors (Lipinski definition) is 5. The molecule has 0 aliphatic rings. The van der Waals surface area contributed by atoms with Crippen molar-refractivity contribution in [1.29, 1.82) is 0 Å². The van der Waals surface area contributed by atoms with E-state index in [-0.39, 0.29) is 0 Å². The molecular weight excluding hydrogens is 514 g/mol. The van der Waals surface area contributed by atoms with Crippen LogP contribution in [-0.4, -0.2) is 123 Å². The first-order valence-corrected chi connectivity index (χ1v) is 18.8. The number of likely N-dealkylation sites (N-methyl/N-ethyl adjacent to an activating group) is 3. The second-order valence-corrected chi connectivity index (χ2v) is 14.3. The van der Waals surface area contributed by atoms with Crippen LogP contribution in [0, 0.1) is 17.8 Å². The Labute approximate surface area is 267 Å². The fourth-order valence-electron chi connectivity index (χ4n) is 5.84. The van der Waals surface area contributed by atoms with Gasteiger partial charge in [0, 0.05) is 52.4 Å². The molecule has 0 saturated carbocycles. The Hall–Kier alpha value is -0.200. The molecule has 0 bridgehead atoms. The van der Waals surface area contributed by atoms with Crippen LogP contribution in [0.15, 0.2) is 0 Å². The fraction of sp³-hybridized carbons (Fsp3) is 1.00. The molecule has 0 spiro atoms. The minimum absolute atomic E-state index is 0.817. The van der Waals surface area contributed by atoms with Gasteiger partial charge in [-0.15, -0.1) is 0 Å². The van der Waals surface area contributed by atoms with Crippen LogP contribution in [0.5, 0.6) is 0 Å². The van der Waals surface area contributed by atoms with Gasteiger partial charge in [-0.1, -0.05) is 82.1 Å². The summed E-state index contributed by atoms with van der Waals surface area (Å²) in [5, 5.41) is 0. The van der Waals surface area contributed by atoms with E-state index in [1.54, 1.807) is 0 Å². The molecule has 0 atom stereocenters. The summed E-state index contributed by atoms with van der Waals surface area (Å²) in [6.07, 6.45) is 12.1. The van der Waals surface area contributed by atoms with Crippen molar-refractivity contribution in [2.24, 2.45) is 17.8 Å². The van der Waals surface area contributed by atoms with E-state index in [2.05, 4.69) is 93.7 Å². The minimum Gasteiger partial charge on any atom is -0.302 e. The molecule has 0 fully saturated rings. The highest BCUT2D eigenvalue weighted by Gasteiger charge is 2.13. The highest BCUT2D eigenvalue weighted by atomic mass is 15.2. The first-order valence-electron chi connectivity index (χ1n) is 18.8. The van der Waals surface area contributed by atoms with Gasteiger partial charge in [-0.3, -0.25) is 0 Å². The Morgan fingerprint density at radius 2 is 0.571 bits per heavy atom. The molecule has 0 aliphatic heterocycles. The lowest BCUT2D eigenvalue weighted by Crippen LogP contribution is -2.43. The average Bonchev–Trinajstić information content (AvgIpc) is 2.94. The molecular formula is C37H81N5. The van der Waals surface area contributed by atoms with Crippen LogP contribution in [-0.2, 0) is 0 Å². The van der Waals surface area contributed by atoms with E-state index in [9.17, 15) is 0 Å². The number of unbranched alkanes of at least 4 members (excludes halogenated alkanes) is 2. The van der Waals surface area contributed by atoms with Crippen molar-refractivity contribution in [3.63, 3.8) is 0 Å². The standard InChI is InChI=1S/C37H81N5/c1-11-15-16-23-41(24-17-20-35(5)6)33-31-39(13-3)29-27-38(12-2)28-30-40(14-4)32-34-42(25-18-21-36(7)8)26-19-22-37(9)10/h35-37H,11-34H2,1-10H3. The lowest BCUT2D eigenvalue weighted by atomic mass is 10.1. The second-order valence-electron chi connectivity index (χ2n) is 14.3. The molecule has 0 radical (unpaired) electrons. The van der Waals surface area contributed by atoms with Gasteiger partial charge in [0.15, 0.2) is 0 Å². The Morgan fingerprint density at radius 3 is 0.810 bits per heavy atom. The van der Waals surface area contributed by atoms with Crippen LogP contribution in [0.4, 0.5) is 0 Å². The van der Waals surface area contributed by atoms with Gasteiger partial charge >= 0.3 is 0 Å². The molecule has 5 heteroatoms. The van der Waals surface area contributed by atoms with E-state index < -0.39 is 0 Å². The number of hydrogen-bond donors (Lipinski definition) is 0. The third-order valence-electron chi connectivity index (χ3n) is 9.12. The molecule has 0 saturated heterocycles. The maximum Gasteiger partial charge on any atom is 0.0110 e. The van der Waals surface area contributed by atoms with Gasteiger partial charge in [-0.05, 0) is 109 Å². The summed E-state index contributed by atoms with van der Waals surface area (Å²) in [6, 6.07) is 0. The van der Waals surface area contributed by atoms with E-state index in [0.29, 0.717) is 0 Å². The SMILES string of the molecule is CCCCCN(CCCC(C)C)CCN(CC)CCN(CC)CCN(CC)CCN(CCCC(C)C)CCCC(C)C. The van der Waals surface area contributed by atoms with Crippen molar-refractivity contribution >= 4 is 0 Å². The maximum atomic E-state index is 2.76. The summed E-state index contributed by atoms with van der Waals surface area (Å²) in [5.41, 5.74) is 0. The molecule has 0 aliphatic carbocycles. The fourth-order valence-corrected chi connectivity index (χ4v) is 5.84. The predicted molar refractivity (Wildman–Crippen MR) is 191 cm³/mol. The normalized spacial score (nSPS) is 12.7. The van der Waals surface area contributed by atoms with Crippen molar-refractivity contribution in [3.8, 4) is 0 Å². The predicted octanol–water partition coefficient (Wildman–Crippen LogP) is 8.05.